The van der Waals surface area contributed by atoms with Gasteiger partial charge in [0.2, 0.25) is 0 Å². The van der Waals surface area contributed by atoms with Crippen LogP contribution in [0.5, 0.6) is 0 Å². The van der Waals surface area contributed by atoms with Crippen molar-refractivity contribution in [3.63, 3.8) is 0 Å². The Labute approximate surface area is 109 Å². The molecule has 0 aliphatic rings. The number of imidazole rings is 1. The van der Waals surface area contributed by atoms with Crippen LogP contribution in [0.1, 0.15) is 26.1 Å². The maximum absolute atomic E-state index is 12.0. The number of hydrogen-bond acceptors (Lipinski definition) is 4. The number of aromatic nitrogens is 2. The summed E-state index contributed by atoms with van der Waals surface area (Å²) in [6.07, 6.45) is 2.53. The fourth-order valence-corrected chi connectivity index (χ4v) is 2.62. The van der Waals surface area contributed by atoms with Crippen LogP contribution >= 0.6 is 0 Å². The first-order valence-corrected chi connectivity index (χ1v) is 7.59. The highest BCUT2D eigenvalue weighted by molar-refractivity contribution is 7.89. The van der Waals surface area contributed by atoms with Gasteiger partial charge in [-0.3, -0.25) is 0 Å². The van der Waals surface area contributed by atoms with E-state index >= 15 is 0 Å². The van der Waals surface area contributed by atoms with Gasteiger partial charge in [0.15, 0.2) is 5.03 Å². The van der Waals surface area contributed by atoms with Crippen LogP contribution in [0.2, 0.25) is 0 Å². The molecule has 1 rings (SSSR count). The minimum Gasteiger partial charge on any atom is -0.334 e. The van der Waals surface area contributed by atoms with Gasteiger partial charge in [-0.05, 0) is 27.3 Å². The third kappa shape index (κ3) is 3.79. The number of likely N-dealkylation sites (N-methyl/N-ethyl adjacent to an activating group) is 1. The van der Waals surface area contributed by atoms with Gasteiger partial charge in [-0.2, -0.15) is 0 Å². The number of nitrogens with zero attached hydrogens (tertiary/aromatic N) is 2. The third-order valence-corrected chi connectivity index (χ3v) is 4.06. The molecule has 0 radical (unpaired) electrons. The van der Waals surface area contributed by atoms with Crippen LogP contribution < -0.4 is 10.0 Å². The smallest absolute Gasteiger partial charge is 0.259 e. The van der Waals surface area contributed by atoms with E-state index in [0.717, 1.165) is 18.8 Å². The number of sulfonamides is 1. The van der Waals surface area contributed by atoms with Gasteiger partial charge in [0.1, 0.15) is 5.82 Å². The first-order valence-electron chi connectivity index (χ1n) is 6.11. The van der Waals surface area contributed by atoms with Gasteiger partial charge < -0.3 is 9.88 Å². The molecule has 7 heteroatoms. The fourth-order valence-electron chi connectivity index (χ4n) is 1.49. The molecule has 0 aliphatic heterocycles. The first kappa shape index (κ1) is 15.1. The molecule has 1 aromatic rings. The van der Waals surface area contributed by atoms with E-state index in [1.165, 1.54) is 0 Å². The average molecular weight is 274 g/mol. The molecule has 1 heterocycles. The summed E-state index contributed by atoms with van der Waals surface area (Å²) in [6.45, 7) is 6.88. The predicted molar refractivity (Wildman–Crippen MR) is 71.0 cm³/mol. The summed E-state index contributed by atoms with van der Waals surface area (Å²) in [5, 5.41) is 3.07. The van der Waals surface area contributed by atoms with Crippen molar-refractivity contribution in [3.05, 3.63) is 12.0 Å². The van der Waals surface area contributed by atoms with Gasteiger partial charge in [-0.15, -0.1) is 0 Å². The van der Waals surface area contributed by atoms with Crippen LogP contribution in [0.4, 0.5) is 0 Å². The van der Waals surface area contributed by atoms with Crippen molar-refractivity contribution >= 4 is 10.0 Å². The van der Waals surface area contributed by atoms with Crippen LogP contribution in [-0.2, 0) is 16.6 Å². The largest absolute Gasteiger partial charge is 0.334 e. The van der Waals surface area contributed by atoms with Gasteiger partial charge in [0, 0.05) is 25.3 Å². The molecule has 0 aliphatic carbocycles. The van der Waals surface area contributed by atoms with E-state index in [4.69, 9.17) is 0 Å². The molecule has 1 atom stereocenters. The molecular formula is C11H22N4O2S. The maximum atomic E-state index is 12.0. The Kier molecular flexibility index (Phi) is 5.30. The van der Waals surface area contributed by atoms with Gasteiger partial charge in [0.25, 0.3) is 10.0 Å². The average Bonchev–Trinajstić information content (AvgIpc) is 2.69. The standard InChI is InChI=1S/C11H22N4O2S/c1-5-6-15-8-11(14-10(15)3)18(16,17)13-7-9(2)12-4/h8-9,12-13H,5-7H2,1-4H3. The molecule has 0 aromatic carbocycles. The van der Waals surface area contributed by atoms with Crippen molar-refractivity contribution in [2.45, 2.75) is 44.8 Å². The predicted octanol–water partition coefficient (Wildman–Crippen LogP) is 0.488. The molecule has 2 N–H and O–H groups in total. The monoisotopic (exact) mass is 274 g/mol. The third-order valence-electron chi connectivity index (χ3n) is 2.77. The summed E-state index contributed by atoms with van der Waals surface area (Å²) in [4.78, 5) is 4.10. The van der Waals surface area contributed by atoms with E-state index < -0.39 is 10.0 Å². The number of aryl methyl sites for hydroxylation is 2. The lowest BCUT2D eigenvalue weighted by Gasteiger charge is -2.10. The second-order valence-electron chi connectivity index (χ2n) is 4.36. The first-order chi connectivity index (χ1) is 8.40. The van der Waals surface area contributed by atoms with Crippen LogP contribution in [0, 0.1) is 6.92 Å². The van der Waals surface area contributed by atoms with Gasteiger partial charge in [-0.25, -0.2) is 18.1 Å². The molecule has 1 aromatic heterocycles. The van der Waals surface area contributed by atoms with E-state index in [1.54, 1.807) is 13.2 Å². The van der Waals surface area contributed by atoms with Crippen molar-refractivity contribution in [1.29, 1.82) is 0 Å². The summed E-state index contributed by atoms with van der Waals surface area (Å²) < 4.78 is 28.4. The van der Waals surface area contributed by atoms with E-state index in [2.05, 4.69) is 15.0 Å². The molecule has 104 valence electrons. The molecule has 18 heavy (non-hydrogen) atoms. The lowest BCUT2D eigenvalue weighted by Crippen LogP contribution is -2.37. The second-order valence-corrected chi connectivity index (χ2v) is 6.08. The minimum atomic E-state index is -3.51. The Bertz CT molecular complexity index is 481. The quantitative estimate of drug-likeness (QED) is 0.758. The summed E-state index contributed by atoms with van der Waals surface area (Å²) in [5.41, 5.74) is 0. The Morgan fingerprint density at radius 3 is 2.72 bits per heavy atom. The molecule has 0 saturated heterocycles. The SMILES string of the molecule is CCCn1cc(S(=O)(=O)NCC(C)NC)nc1C. The zero-order valence-electron chi connectivity index (χ0n) is 11.4. The van der Waals surface area contributed by atoms with Crippen LogP contribution in [0.15, 0.2) is 11.2 Å². The molecular weight excluding hydrogens is 252 g/mol. The molecule has 0 saturated carbocycles. The van der Waals surface area contributed by atoms with E-state index in [0.29, 0.717) is 6.54 Å². The lowest BCUT2D eigenvalue weighted by atomic mass is 10.4. The Morgan fingerprint density at radius 1 is 1.50 bits per heavy atom. The number of rotatable bonds is 7. The topological polar surface area (TPSA) is 76.0 Å². The summed E-state index contributed by atoms with van der Waals surface area (Å²) >= 11 is 0. The minimum absolute atomic E-state index is 0.0820. The molecule has 6 nitrogen and oxygen atoms in total. The van der Waals surface area contributed by atoms with E-state index in [1.807, 2.05) is 25.3 Å². The fraction of sp³-hybridized carbons (Fsp3) is 0.727. The molecule has 0 spiro atoms. The van der Waals surface area contributed by atoms with E-state index in [9.17, 15) is 8.42 Å². The Balaban J connectivity index is 2.82. The van der Waals surface area contributed by atoms with Crippen molar-refractivity contribution in [2.75, 3.05) is 13.6 Å². The number of nitrogens with one attached hydrogen (secondary N) is 2. The molecule has 0 amide bonds. The van der Waals surface area contributed by atoms with Gasteiger partial charge in [0.05, 0.1) is 0 Å². The Morgan fingerprint density at radius 2 is 2.17 bits per heavy atom. The van der Waals surface area contributed by atoms with Crippen LogP contribution in [0.25, 0.3) is 0 Å². The molecule has 0 fully saturated rings. The highest BCUT2D eigenvalue weighted by Gasteiger charge is 2.19. The van der Waals surface area contributed by atoms with Crippen molar-refractivity contribution in [3.8, 4) is 0 Å². The summed E-state index contributed by atoms with van der Waals surface area (Å²) in [5.74, 6) is 0.721. The second kappa shape index (κ2) is 6.31. The van der Waals surface area contributed by atoms with Crippen molar-refractivity contribution < 1.29 is 8.42 Å². The normalized spacial score (nSPS) is 13.8. The maximum Gasteiger partial charge on any atom is 0.259 e. The van der Waals surface area contributed by atoms with Crippen molar-refractivity contribution in [1.82, 2.24) is 19.6 Å². The number of hydrogen-bond donors (Lipinski definition) is 2. The highest BCUT2D eigenvalue weighted by atomic mass is 32.2. The zero-order valence-corrected chi connectivity index (χ0v) is 12.2. The summed E-state index contributed by atoms with van der Waals surface area (Å²) in [6, 6.07) is 0.0820. The van der Waals surface area contributed by atoms with Gasteiger partial charge >= 0.3 is 0 Å². The molecule has 0 bridgehead atoms. The summed E-state index contributed by atoms with van der Waals surface area (Å²) in [7, 11) is -1.72. The van der Waals surface area contributed by atoms with E-state index in [-0.39, 0.29) is 11.1 Å². The van der Waals surface area contributed by atoms with Crippen molar-refractivity contribution in [2.24, 2.45) is 0 Å². The molecule has 1 unspecified atom stereocenters. The van der Waals surface area contributed by atoms with Crippen LogP contribution in [0.3, 0.4) is 0 Å². The lowest BCUT2D eigenvalue weighted by molar-refractivity contribution is 0.552. The van der Waals surface area contributed by atoms with Gasteiger partial charge in [-0.1, -0.05) is 6.92 Å². The Hall–Kier alpha value is -0.920. The zero-order chi connectivity index (χ0) is 13.8. The van der Waals surface area contributed by atoms with Crippen LogP contribution in [-0.4, -0.2) is 37.6 Å². The highest BCUT2D eigenvalue weighted by Crippen LogP contribution is 2.09.